The summed E-state index contributed by atoms with van der Waals surface area (Å²) in [5.41, 5.74) is 0. The summed E-state index contributed by atoms with van der Waals surface area (Å²) in [6, 6.07) is -0.547. The van der Waals surface area contributed by atoms with E-state index in [4.69, 9.17) is 4.74 Å². The van der Waals surface area contributed by atoms with Gasteiger partial charge < -0.3 is 20.3 Å². The molecular formula is C78H149NO5. The highest BCUT2D eigenvalue weighted by atomic mass is 16.5. The first-order valence-corrected chi connectivity index (χ1v) is 38.2. The minimum atomic E-state index is -0.669. The first-order valence-electron chi connectivity index (χ1n) is 38.2. The highest BCUT2D eigenvalue weighted by molar-refractivity contribution is 5.76. The molecule has 0 aliphatic rings. The van der Waals surface area contributed by atoms with Crippen LogP contribution in [-0.4, -0.2) is 47.4 Å². The van der Waals surface area contributed by atoms with Crippen molar-refractivity contribution in [3.05, 3.63) is 36.5 Å². The fourth-order valence-electron chi connectivity index (χ4n) is 12.1. The van der Waals surface area contributed by atoms with Gasteiger partial charge >= 0.3 is 5.97 Å². The van der Waals surface area contributed by atoms with E-state index in [2.05, 4.69) is 55.6 Å². The molecule has 0 aromatic heterocycles. The Labute approximate surface area is 525 Å². The van der Waals surface area contributed by atoms with Gasteiger partial charge in [-0.1, -0.05) is 365 Å². The van der Waals surface area contributed by atoms with Crippen LogP contribution in [0.5, 0.6) is 0 Å². The number of rotatable bonds is 72. The number of aliphatic hydroxyl groups excluding tert-OH is 2. The second kappa shape index (κ2) is 73.5. The molecule has 0 radical (unpaired) electrons. The predicted molar refractivity (Wildman–Crippen MR) is 370 cm³/mol. The van der Waals surface area contributed by atoms with E-state index in [1.165, 1.54) is 340 Å². The largest absolute Gasteiger partial charge is 0.466 e. The minimum Gasteiger partial charge on any atom is -0.466 e. The van der Waals surface area contributed by atoms with Gasteiger partial charge in [0.05, 0.1) is 25.4 Å². The van der Waals surface area contributed by atoms with Crippen molar-refractivity contribution in [3.8, 4) is 0 Å². The third-order valence-corrected chi connectivity index (χ3v) is 17.9. The van der Waals surface area contributed by atoms with Crippen LogP contribution >= 0.6 is 0 Å². The molecule has 0 aromatic rings. The third kappa shape index (κ3) is 69.2. The first-order chi connectivity index (χ1) is 41.5. The predicted octanol–water partition coefficient (Wildman–Crippen LogP) is 25.0. The van der Waals surface area contributed by atoms with E-state index in [1.807, 2.05) is 0 Å². The standard InChI is InChI=1S/C78H149NO5/c1-3-5-7-9-11-13-15-17-19-21-23-24-25-26-29-32-35-38-42-46-50-54-58-62-66-70-76(81)75(74-80)79-77(82)71-67-63-59-55-51-47-43-39-36-33-30-27-28-31-34-37-41-45-49-53-57-61-65-69-73-84-78(83)72-68-64-60-56-52-48-44-40-22-20-18-16-14-12-10-8-6-4-2/h14,16,20,22,30,33,75-76,80-81H,3-13,15,17-19,21,23-29,31-32,34-74H2,1-2H3,(H,79,82)/b16-14-,22-20-,33-30-. The Kier molecular flexibility index (Phi) is 71.9. The Balaban J connectivity index is 3.40. The number of ether oxygens (including phenoxy) is 1. The lowest BCUT2D eigenvalue weighted by Gasteiger charge is -2.22. The zero-order valence-corrected chi connectivity index (χ0v) is 56.9. The third-order valence-electron chi connectivity index (χ3n) is 17.9. The van der Waals surface area contributed by atoms with Crippen molar-refractivity contribution in [2.75, 3.05) is 13.2 Å². The van der Waals surface area contributed by atoms with Crippen LogP contribution in [0.4, 0.5) is 0 Å². The van der Waals surface area contributed by atoms with Gasteiger partial charge in [-0.25, -0.2) is 0 Å². The number of hydrogen-bond acceptors (Lipinski definition) is 5. The molecule has 0 aromatic carbocycles. The lowest BCUT2D eigenvalue weighted by Crippen LogP contribution is -2.45. The van der Waals surface area contributed by atoms with E-state index in [9.17, 15) is 19.8 Å². The van der Waals surface area contributed by atoms with Gasteiger partial charge in [-0.2, -0.15) is 0 Å². The molecule has 0 saturated heterocycles. The van der Waals surface area contributed by atoms with Gasteiger partial charge in [-0.05, 0) is 83.5 Å². The Morgan fingerprint density at radius 1 is 0.333 bits per heavy atom. The molecule has 6 nitrogen and oxygen atoms in total. The summed E-state index contributed by atoms with van der Waals surface area (Å²) in [6.45, 7) is 4.97. The summed E-state index contributed by atoms with van der Waals surface area (Å²) in [5, 5.41) is 23.5. The van der Waals surface area contributed by atoms with Crippen molar-refractivity contribution in [1.82, 2.24) is 5.32 Å². The van der Waals surface area contributed by atoms with Crippen LogP contribution in [0, 0.1) is 0 Å². The fraction of sp³-hybridized carbons (Fsp3) is 0.897. The van der Waals surface area contributed by atoms with Crippen molar-refractivity contribution in [2.24, 2.45) is 0 Å². The summed E-state index contributed by atoms with van der Waals surface area (Å²) in [6.07, 6.45) is 94.9. The van der Waals surface area contributed by atoms with Crippen molar-refractivity contribution in [3.63, 3.8) is 0 Å². The maximum Gasteiger partial charge on any atom is 0.305 e. The Hall–Kier alpha value is -1.92. The van der Waals surface area contributed by atoms with Crippen LogP contribution in [0.1, 0.15) is 425 Å². The molecule has 0 fully saturated rings. The Bertz CT molecular complexity index is 1360. The van der Waals surface area contributed by atoms with E-state index < -0.39 is 12.1 Å². The molecule has 0 aliphatic carbocycles. The molecular weight excluding hydrogens is 1030 g/mol. The number of nitrogens with one attached hydrogen (secondary N) is 1. The molecule has 3 N–H and O–H groups in total. The molecule has 0 heterocycles. The number of unbranched alkanes of at least 4 members (excludes halogenated alkanes) is 55. The molecule has 0 aliphatic heterocycles. The maximum absolute atomic E-state index is 12.6. The lowest BCUT2D eigenvalue weighted by molar-refractivity contribution is -0.143. The molecule has 0 spiro atoms. The maximum atomic E-state index is 12.6. The van der Waals surface area contributed by atoms with Crippen molar-refractivity contribution >= 4 is 11.9 Å². The van der Waals surface area contributed by atoms with E-state index in [-0.39, 0.29) is 18.5 Å². The Morgan fingerprint density at radius 3 is 0.929 bits per heavy atom. The molecule has 0 saturated carbocycles. The number of hydrogen-bond donors (Lipinski definition) is 3. The molecule has 0 rings (SSSR count). The number of carbonyl (C=O) groups is 2. The van der Waals surface area contributed by atoms with Gasteiger partial charge in [0, 0.05) is 12.8 Å². The van der Waals surface area contributed by atoms with Gasteiger partial charge in [0.1, 0.15) is 0 Å². The normalized spacial score (nSPS) is 12.7. The zero-order chi connectivity index (χ0) is 60.6. The smallest absolute Gasteiger partial charge is 0.305 e. The van der Waals surface area contributed by atoms with Gasteiger partial charge in [-0.3, -0.25) is 9.59 Å². The molecule has 496 valence electrons. The summed E-state index contributed by atoms with van der Waals surface area (Å²) in [7, 11) is 0. The zero-order valence-electron chi connectivity index (χ0n) is 56.9. The molecule has 2 atom stereocenters. The summed E-state index contributed by atoms with van der Waals surface area (Å²) >= 11 is 0. The quantitative estimate of drug-likeness (QED) is 0.0320. The van der Waals surface area contributed by atoms with Gasteiger partial charge in [-0.15, -0.1) is 0 Å². The summed E-state index contributed by atoms with van der Waals surface area (Å²) in [4.78, 5) is 24.7. The molecule has 1 amide bonds. The Morgan fingerprint density at radius 2 is 0.595 bits per heavy atom. The SMILES string of the molecule is CCCCCC/C=C\C/C=C\CCCCCCCCCC(=O)OCCCCCCCCCCCCCC/C=C\CCCCCCCCCCC(=O)NC(CO)C(O)CCCCCCCCCCCCCCCCCCCCCCCCCCC. The average Bonchev–Trinajstić information content (AvgIpc) is 3.51. The molecule has 84 heavy (non-hydrogen) atoms. The summed E-state index contributed by atoms with van der Waals surface area (Å²) in [5.74, 6) is -0.0286. The number of aliphatic hydroxyl groups is 2. The van der Waals surface area contributed by atoms with Crippen LogP contribution in [-0.2, 0) is 14.3 Å². The second-order valence-corrected chi connectivity index (χ2v) is 26.3. The van der Waals surface area contributed by atoms with Crippen LogP contribution in [0.15, 0.2) is 36.5 Å². The summed E-state index contributed by atoms with van der Waals surface area (Å²) < 4.78 is 5.50. The highest BCUT2D eigenvalue weighted by Gasteiger charge is 2.20. The number of amides is 1. The number of allylic oxidation sites excluding steroid dienone is 6. The van der Waals surface area contributed by atoms with Crippen molar-refractivity contribution in [2.45, 2.75) is 437 Å². The average molecular weight is 1180 g/mol. The number of esters is 1. The van der Waals surface area contributed by atoms with Crippen LogP contribution < -0.4 is 5.32 Å². The van der Waals surface area contributed by atoms with E-state index in [1.54, 1.807) is 0 Å². The van der Waals surface area contributed by atoms with Crippen LogP contribution in [0.3, 0.4) is 0 Å². The topological polar surface area (TPSA) is 95.9 Å². The minimum absolute atomic E-state index is 0.00614. The monoisotopic (exact) mass is 1180 g/mol. The molecule has 6 heteroatoms. The fourth-order valence-corrected chi connectivity index (χ4v) is 12.1. The van der Waals surface area contributed by atoms with Gasteiger partial charge in [0.15, 0.2) is 0 Å². The van der Waals surface area contributed by atoms with Crippen molar-refractivity contribution in [1.29, 1.82) is 0 Å². The van der Waals surface area contributed by atoms with E-state index >= 15 is 0 Å². The first kappa shape index (κ1) is 82.1. The second-order valence-electron chi connectivity index (χ2n) is 26.3. The number of carbonyl (C=O) groups excluding carboxylic acids is 2. The van der Waals surface area contributed by atoms with E-state index in [0.717, 1.165) is 51.4 Å². The van der Waals surface area contributed by atoms with Crippen LogP contribution in [0.2, 0.25) is 0 Å². The molecule has 0 bridgehead atoms. The lowest BCUT2D eigenvalue weighted by atomic mass is 10.0. The van der Waals surface area contributed by atoms with Crippen molar-refractivity contribution < 1.29 is 24.5 Å². The van der Waals surface area contributed by atoms with Crippen LogP contribution in [0.25, 0.3) is 0 Å². The van der Waals surface area contributed by atoms with Gasteiger partial charge in [0.2, 0.25) is 5.91 Å². The molecule has 2 unspecified atom stereocenters. The highest BCUT2D eigenvalue weighted by Crippen LogP contribution is 2.19. The van der Waals surface area contributed by atoms with E-state index in [0.29, 0.717) is 25.9 Å². The van der Waals surface area contributed by atoms with Gasteiger partial charge in [0.25, 0.3) is 0 Å².